The Kier molecular flexibility index (Phi) is 3.42. The van der Waals surface area contributed by atoms with Gasteiger partial charge in [0.2, 0.25) is 5.56 Å². The van der Waals surface area contributed by atoms with E-state index in [-0.39, 0.29) is 11.3 Å². The lowest BCUT2D eigenvalue weighted by atomic mass is 9.85. The molecule has 1 amide bonds. The summed E-state index contributed by atoms with van der Waals surface area (Å²) >= 11 is 0. The van der Waals surface area contributed by atoms with Gasteiger partial charge in [-0.05, 0) is 25.8 Å². The molecule has 1 aromatic heterocycles. The standard InChI is InChI=1S/C13H16N2O4/c1-13(12(18)19)7-3-5-9(13)15-11(17)8-4-2-6-10(16)14-8/h2,4,6,9H,3,5,7H2,1H3,(H,14,16)(H,15,17)(H,18,19). The van der Waals surface area contributed by atoms with Gasteiger partial charge in [-0.1, -0.05) is 12.5 Å². The molecule has 2 unspecified atom stereocenters. The SMILES string of the molecule is CC1(C(=O)O)CCCC1NC(=O)c1cccc(=O)[nH]1. The molecule has 6 heteroatoms. The summed E-state index contributed by atoms with van der Waals surface area (Å²) in [6, 6.07) is 3.87. The van der Waals surface area contributed by atoms with Crippen LogP contribution in [-0.4, -0.2) is 28.0 Å². The van der Waals surface area contributed by atoms with Gasteiger partial charge in [0.15, 0.2) is 0 Å². The van der Waals surface area contributed by atoms with Crippen LogP contribution in [-0.2, 0) is 4.79 Å². The molecule has 0 aromatic carbocycles. The fourth-order valence-electron chi connectivity index (χ4n) is 2.47. The van der Waals surface area contributed by atoms with Gasteiger partial charge < -0.3 is 15.4 Å². The zero-order valence-corrected chi connectivity index (χ0v) is 10.6. The summed E-state index contributed by atoms with van der Waals surface area (Å²) in [5, 5.41) is 12.0. The number of carboxylic acids is 1. The van der Waals surface area contributed by atoms with Crippen molar-refractivity contribution in [3.8, 4) is 0 Å². The summed E-state index contributed by atoms with van der Waals surface area (Å²) in [4.78, 5) is 36.8. The number of aromatic nitrogens is 1. The maximum Gasteiger partial charge on any atom is 0.311 e. The van der Waals surface area contributed by atoms with Crippen molar-refractivity contribution in [2.24, 2.45) is 5.41 Å². The molecule has 0 spiro atoms. The van der Waals surface area contributed by atoms with Crippen LogP contribution in [0.5, 0.6) is 0 Å². The number of H-pyrrole nitrogens is 1. The van der Waals surface area contributed by atoms with Crippen LogP contribution in [0, 0.1) is 5.41 Å². The number of nitrogens with one attached hydrogen (secondary N) is 2. The van der Waals surface area contributed by atoms with E-state index in [9.17, 15) is 19.5 Å². The summed E-state index contributed by atoms with van der Waals surface area (Å²) in [6.07, 6.45) is 1.93. The highest BCUT2D eigenvalue weighted by atomic mass is 16.4. The second-order valence-corrected chi connectivity index (χ2v) is 5.07. The van der Waals surface area contributed by atoms with E-state index < -0.39 is 23.3 Å². The van der Waals surface area contributed by atoms with Crippen molar-refractivity contribution in [3.05, 3.63) is 34.2 Å². The number of aliphatic carboxylic acids is 1. The van der Waals surface area contributed by atoms with Crippen LogP contribution in [0.3, 0.4) is 0 Å². The number of pyridine rings is 1. The quantitative estimate of drug-likeness (QED) is 0.750. The van der Waals surface area contributed by atoms with E-state index in [0.717, 1.165) is 6.42 Å². The number of amides is 1. The molecule has 6 nitrogen and oxygen atoms in total. The van der Waals surface area contributed by atoms with Gasteiger partial charge in [-0.2, -0.15) is 0 Å². The molecule has 1 heterocycles. The topological polar surface area (TPSA) is 99.3 Å². The van der Waals surface area contributed by atoms with Crippen molar-refractivity contribution in [1.29, 1.82) is 0 Å². The van der Waals surface area contributed by atoms with Crippen molar-refractivity contribution in [2.75, 3.05) is 0 Å². The minimum absolute atomic E-state index is 0.145. The molecule has 0 aliphatic heterocycles. The zero-order valence-electron chi connectivity index (χ0n) is 10.6. The Labute approximate surface area is 109 Å². The Morgan fingerprint density at radius 1 is 1.47 bits per heavy atom. The van der Waals surface area contributed by atoms with Crippen LogP contribution in [0.15, 0.2) is 23.0 Å². The Balaban J connectivity index is 2.15. The maximum absolute atomic E-state index is 12.0. The number of carbonyl (C=O) groups is 2. The highest BCUT2D eigenvalue weighted by Crippen LogP contribution is 2.38. The molecule has 0 saturated heterocycles. The van der Waals surface area contributed by atoms with Gasteiger partial charge in [0, 0.05) is 12.1 Å². The highest BCUT2D eigenvalue weighted by Gasteiger charge is 2.45. The number of rotatable bonds is 3. The van der Waals surface area contributed by atoms with E-state index >= 15 is 0 Å². The molecule has 1 aromatic rings. The van der Waals surface area contributed by atoms with Crippen molar-refractivity contribution in [1.82, 2.24) is 10.3 Å². The molecule has 0 radical (unpaired) electrons. The molecule has 3 N–H and O–H groups in total. The minimum atomic E-state index is -0.940. The first-order valence-corrected chi connectivity index (χ1v) is 6.17. The molecule has 2 rings (SSSR count). The van der Waals surface area contributed by atoms with E-state index in [4.69, 9.17) is 0 Å². The summed E-state index contributed by atoms with van der Waals surface area (Å²) in [7, 11) is 0. The summed E-state index contributed by atoms with van der Waals surface area (Å²) < 4.78 is 0. The van der Waals surface area contributed by atoms with Crippen LogP contribution in [0.2, 0.25) is 0 Å². The Morgan fingerprint density at radius 3 is 2.84 bits per heavy atom. The van der Waals surface area contributed by atoms with E-state index in [1.165, 1.54) is 18.2 Å². The van der Waals surface area contributed by atoms with Gasteiger partial charge in [0.25, 0.3) is 5.91 Å². The minimum Gasteiger partial charge on any atom is -0.481 e. The molecule has 102 valence electrons. The predicted molar refractivity (Wildman–Crippen MR) is 67.9 cm³/mol. The number of hydrogen-bond donors (Lipinski definition) is 3. The number of carboxylic acid groups (broad SMARTS) is 1. The largest absolute Gasteiger partial charge is 0.481 e. The van der Waals surface area contributed by atoms with Gasteiger partial charge in [0.1, 0.15) is 5.69 Å². The van der Waals surface area contributed by atoms with Crippen molar-refractivity contribution in [3.63, 3.8) is 0 Å². The average Bonchev–Trinajstić information content (AvgIpc) is 2.72. The van der Waals surface area contributed by atoms with Crippen molar-refractivity contribution in [2.45, 2.75) is 32.2 Å². The first-order chi connectivity index (χ1) is 8.93. The molecular weight excluding hydrogens is 248 g/mol. The Hall–Kier alpha value is -2.11. The van der Waals surface area contributed by atoms with Gasteiger partial charge in [-0.3, -0.25) is 14.4 Å². The molecule has 2 atom stereocenters. The first-order valence-electron chi connectivity index (χ1n) is 6.17. The molecular formula is C13H16N2O4. The zero-order chi connectivity index (χ0) is 14.0. The second-order valence-electron chi connectivity index (χ2n) is 5.07. The summed E-state index contributed by atoms with van der Waals surface area (Å²) in [6.45, 7) is 1.64. The smallest absolute Gasteiger partial charge is 0.311 e. The van der Waals surface area contributed by atoms with Gasteiger partial charge in [-0.25, -0.2) is 0 Å². The van der Waals surface area contributed by atoms with Gasteiger partial charge in [-0.15, -0.1) is 0 Å². The highest BCUT2D eigenvalue weighted by molar-refractivity contribution is 5.93. The van der Waals surface area contributed by atoms with Crippen LogP contribution in [0.4, 0.5) is 0 Å². The normalized spacial score (nSPS) is 26.1. The summed E-state index contributed by atoms with van der Waals surface area (Å²) in [5.41, 5.74) is -1.16. The fraction of sp³-hybridized carbons (Fsp3) is 0.462. The molecule has 1 aliphatic rings. The third-order valence-corrected chi connectivity index (χ3v) is 3.76. The van der Waals surface area contributed by atoms with Gasteiger partial charge in [0.05, 0.1) is 5.41 Å². The van der Waals surface area contributed by atoms with E-state index in [2.05, 4.69) is 10.3 Å². The summed E-state index contributed by atoms with van der Waals surface area (Å²) in [5.74, 6) is -1.35. The Bertz CT molecular complexity index is 566. The second kappa shape index (κ2) is 4.87. The lowest BCUT2D eigenvalue weighted by molar-refractivity contribution is -0.148. The van der Waals surface area contributed by atoms with E-state index in [0.29, 0.717) is 12.8 Å². The molecule has 1 aliphatic carbocycles. The number of aromatic amines is 1. The number of carbonyl (C=O) groups excluding carboxylic acids is 1. The number of hydrogen-bond acceptors (Lipinski definition) is 3. The molecule has 1 saturated carbocycles. The monoisotopic (exact) mass is 264 g/mol. The van der Waals surface area contributed by atoms with Crippen molar-refractivity contribution >= 4 is 11.9 Å². The van der Waals surface area contributed by atoms with Crippen LogP contribution in [0.1, 0.15) is 36.7 Å². The lowest BCUT2D eigenvalue weighted by Crippen LogP contribution is -2.47. The predicted octanol–water partition coefficient (Wildman–Crippen LogP) is 0.748. The van der Waals surface area contributed by atoms with Crippen molar-refractivity contribution < 1.29 is 14.7 Å². The average molecular weight is 264 g/mol. The van der Waals surface area contributed by atoms with Crippen LogP contribution in [0.25, 0.3) is 0 Å². The maximum atomic E-state index is 12.0. The third kappa shape index (κ3) is 2.52. The van der Waals surface area contributed by atoms with E-state index in [1.807, 2.05) is 0 Å². The van der Waals surface area contributed by atoms with Crippen LogP contribution < -0.4 is 10.9 Å². The third-order valence-electron chi connectivity index (χ3n) is 3.76. The molecule has 19 heavy (non-hydrogen) atoms. The van der Waals surface area contributed by atoms with Crippen LogP contribution >= 0.6 is 0 Å². The lowest BCUT2D eigenvalue weighted by Gasteiger charge is -2.27. The molecule has 0 bridgehead atoms. The molecule has 1 fully saturated rings. The fourth-order valence-corrected chi connectivity index (χ4v) is 2.47. The van der Waals surface area contributed by atoms with E-state index in [1.54, 1.807) is 6.92 Å². The van der Waals surface area contributed by atoms with Gasteiger partial charge >= 0.3 is 5.97 Å². The first kappa shape index (κ1) is 13.3. The Morgan fingerprint density at radius 2 is 2.21 bits per heavy atom.